The first-order chi connectivity index (χ1) is 11.6. The number of carbonyl (C=O) groups excluding carboxylic acids is 1. The molecule has 0 aliphatic carbocycles. The van der Waals surface area contributed by atoms with Crippen molar-refractivity contribution in [3.63, 3.8) is 0 Å². The monoisotopic (exact) mass is 330 g/mol. The molecular formula is C17H18N2O5. The van der Waals surface area contributed by atoms with Gasteiger partial charge in [-0.05, 0) is 42.0 Å². The molecule has 2 rings (SSSR count). The summed E-state index contributed by atoms with van der Waals surface area (Å²) in [4.78, 5) is 12.3. The van der Waals surface area contributed by atoms with Gasteiger partial charge in [-0.2, -0.15) is 5.10 Å². The Kier molecular flexibility index (Phi) is 5.62. The number of nitrogens with zero attached hydrogens (tertiary/aromatic N) is 1. The molecule has 0 spiro atoms. The van der Waals surface area contributed by atoms with Gasteiger partial charge in [0, 0.05) is 0 Å². The van der Waals surface area contributed by atoms with Gasteiger partial charge in [0.15, 0.2) is 23.0 Å². The van der Waals surface area contributed by atoms with Crippen LogP contribution in [0.2, 0.25) is 0 Å². The average molecular weight is 330 g/mol. The first-order valence-electron chi connectivity index (χ1n) is 6.98. The summed E-state index contributed by atoms with van der Waals surface area (Å²) in [5, 5.41) is 3.44. The van der Waals surface area contributed by atoms with Gasteiger partial charge >= 0.3 is 5.97 Å². The summed E-state index contributed by atoms with van der Waals surface area (Å²) in [6.45, 7) is 0. The molecule has 0 saturated heterocycles. The number of esters is 1. The Hall–Kier alpha value is -3.22. The third-order valence-electron chi connectivity index (χ3n) is 3.23. The molecule has 7 heteroatoms. The maximum Gasteiger partial charge on any atom is 0.343 e. The summed E-state index contributed by atoms with van der Waals surface area (Å²) in [5.74, 6) is 6.21. The molecule has 0 unspecified atom stereocenters. The van der Waals surface area contributed by atoms with Crippen LogP contribution in [0.15, 0.2) is 41.5 Å². The van der Waals surface area contributed by atoms with Crippen molar-refractivity contribution in [1.29, 1.82) is 0 Å². The summed E-state index contributed by atoms with van der Waals surface area (Å²) in [5.41, 5.74) is 1.04. The molecule has 0 aliphatic rings. The first kappa shape index (κ1) is 17.1. The normalized spacial score (nSPS) is 10.5. The van der Waals surface area contributed by atoms with Gasteiger partial charge in [0.2, 0.25) is 0 Å². The Morgan fingerprint density at radius 3 is 2.17 bits per heavy atom. The number of benzene rings is 2. The lowest BCUT2D eigenvalue weighted by molar-refractivity contribution is 0.0729. The van der Waals surface area contributed by atoms with Crippen LogP contribution in [0.4, 0.5) is 0 Å². The van der Waals surface area contributed by atoms with E-state index in [0.717, 1.165) is 5.56 Å². The number of hydrogen-bond donors (Lipinski definition) is 1. The quantitative estimate of drug-likeness (QED) is 0.287. The number of hydrazone groups is 1. The zero-order valence-corrected chi connectivity index (χ0v) is 13.6. The van der Waals surface area contributed by atoms with E-state index in [2.05, 4.69) is 5.10 Å². The molecule has 7 nitrogen and oxygen atoms in total. The molecule has 2 N–H and O–H groups in total. The Morgan fingerprint density at radius 1 is 0.917 bits per heavy atom. The topological polar surface area (TPSA) is 92.4 Å². The van der Waals surface area contributed by atoms with Crippen molar-refractivity contribution in [2.75, 3.05) is 21.3 Å². The summed E-state index contributed by atoms with van der Waals surface area (Å²) < 4.78 is 20.9. The number of hydrogen-bond acceptors (Lipinski definition) is 7. The molecule has 0 radical (unpaired) electrons. The third kappa shape index (κ3) is 3.75. The van der Waals surface area contributed by atoms with Gasteiger partial charge in [0.25, 0.3) is 0 Å². The van der Waals surface area contributed by atoms with Gasteiger partial charge in [-0.3, -0.25) is 0 Å². The number of methoxy groups -OCH3 is 3. The van der Waals surface area contributed by atoms with Crippen LogP contribution in [0.1, 0.15) is 15.9 Å². The van der Waals surface area contributed by atoms with E-state index in [1.807, 2.05) is 0 Å². The zero-order valence-electron chi connectivity index (χ0n) is 13.6. The SMILES string of the molecule is COc1ccc(C(=O)Oc2ccc(/C=N\N)cc2OC)cc1OC. The maximum atomic E-state index is 12.3. The van der Waals surface area contributed by atoms with Crippen LogP contribution in [-0.2, 0) is 0 Å². The number of carbonyl (C=O) groups is 1. The molecule has 0 fully saturated rings. The van der Waals surface area contributed by atoms with E-state index in [9.17, 15) is 4.79 Å². The summed E-state index contributed by atoms with van der Waals surface area (Å²) in [7, 11) is 4.49. The highest BCUT2D eigenvalue weighted by atomic mass is 16.6. The van der Waals surface area contributed by atoms with Crippen LogP contribution in [0, 0.1) is 0 Å². The van der Waals surface area contributed by atoms with Crippen LogP contribution in [0.5, 0.6) is 23.0 Å². The summed E-state index contributed by atoms with van der Waals surface area (Å²) >= 11 is 0. The Morgan fingerprint density at radius 2 is 1.54 bits per heavy atom. The Labute approximate surface area is 139 Å². The fourth-order valence-corrected chi connectivity index (χ4v) is 2.06. The minimum atomic E-state index is -0.547. The van der Waals surface area contributed by atoms with E-state index in [4.69, 9.17) is 24.8 Å². The van der Waals surface area contributed by atoms with Crippen molar-refractivity contribution in [1.82, 2.24) is 0 Å². The molecule has 0 aromatic heterocycles. The van der Waals surface area contributed by atoms with Gasteiger partial charge < -0.3 is 24.8 Å². The highest BCUT2D eigenvalue weighted by molar-refractivity contribution is 5.92. The maximum absolute atomic E-state index is 12.3. The van der Waals surface area contributed by atoms with Crippen LogP contribution in [0.25, 0.3) is 0 Å². The van der Waals surface area contributed by atoms with Crippen LogP contribution < -0.4 is 24.8 Å². The second kappa shape index (κ2) is 7.87. The summed E-state index contributed by atoms with van der Waals surface area (Å²) in [6.07, 6.45) is 1.46. The van der Waals surface area contributed by atoms with Gasteiger partial charge in [-0.15, -0.1) is 0 Å². The van der Waals surface area contributed by atoms with Crippen LogP contribution in [0.3, 0.4) is 0 Å². The summed E-state index contributed by atoms with van der Waals surface area (Å²) in [6, 6.07) is 9.74. The molecule has 2 aromatic carbocycles. The minimum Gasteiger partial charge on any atom is -0.493 e. The molecule has 0 saturated carbocycles. The van der Waals surface area contributed by atoms with Crippen molar-refractivity contribution >= 4 is 12.2 Å². The molecule has 2 aromatic rings. The minimum absolute atomic E-state index is 0.284. The molecule has 0 heterocycles. The zero-order chi connectivity index (χ0) is 17.5. The standard InChI is InChI=1S/C17H18N2O5/c1-21-13-7-5-12(9-16(13)23-3)17(20)24-14-6-4-11(10-19-18)8-15(14)22-2/h4-10H,18H2,1-3H3/b19-10-. The van der Waals surface area contributed by atoms with E-state index in [-0.39, 0.29) is 5.75 Å². The Bertz CT molecular complexity index is 759. The highest BCUT2D eigenvalue weighted by Gasteiger charge is 2.15. The van der Waals surface area contributed by atoms with Gasteiger partial charge in [0.1, 0.15) is 0 Å². The number of ether oxygens (including phenoxy) is 4. The fraction of sp³-hybridized carbons (Fsp3) is 0.176. The molecular weight excluding hydrogens is 312 g/mol. The van der Waals surface area contributed by atoms with E-state index in [1.54, 1.807) is 36.4 Å². The lowest BCUT2D eigenvalue weighted by atomic mass is 10.2. The van der Waals surface area contributed by atoms with E-state index in [1.165, 1.54) is 27.5 Å². The van der Waals surface area contributed by atoms with Crippen molar-refractivity contribution in [2.24, 2.45) is 10.9 Å². The molecule has 0 atom stereocenters. The van der Waals surface area contributed by atoms with Gasteiger partial charge in [0.05, 0.1) is 33.1 Å². The van der Waals surface area contributed by atoms with Crippen molar-refractivity contribution in [3.8, 4) is 23.0 Å². The average Bonchev–Trinajstić information content (AvgIpc) is 2.62. The van der Waals surface area contributed by atoms with Crippen molar-refractivity contribution in [3.05, 3.63) is 47.5 Å². The predicted molar refractivity (Wildman–Crippen MR) is 89.3 cm³/mol. The number of nitrogens with two attached hydrogens (primary N) is 1. The Balaban J connectivity index is 2.26. The van der Waals surface area contributed by atoms with Crippen molar-refractivity contribution in [2.45, 2.75) is 0 Å². The fourth-order valence-electron chi connectivity index (χ4n) is 2.06. The second-order valence-corrected chi connectivity index (χ2v) is 4.65. The second-order valence-electron chi connectivity index (χ2n) is 4.65. The van der Waals surface area contributed by atoms with E-state index >= 15 is 0 Å². The molecule has 126 valence electrons. The molecule has 0 amide bonds. The first-order valence-corrected chi connectivity index (χ1v) is 6.98. The van der Waals surface area contributed by atoms with Crippen molar-refractivity contribution < 1.29 is 23.7 Å². The number of rotatable bonds is 6. The third-order valence-corrected chi connectivity index (χ3v) is 3.23. The highest BCUT2D eigenvalue weighted by Crippen LogP contribution is 2.31. The molecule has 24 heavy (non-hydrogen) atoms. The smallest absolute Gasteiger partial charge is 0.343 e. The lowest BCUT2D eigenvalue weighted by Gasteiger charge is -2.11. The largest absolute Gasteiger partial charge is 0.493 e. The van der Waals surface area contributed by atoms with E-state index < -0.39 is 5.97 Å². The van der Waals surface area contributed by atoms with Crippen LogP contribution >= 0.6 is 0 Å². The predicted octanol–water partition coefficient (Wildman–Crippen LogP) is 2.22. The lowest BCUT2D eigenvalue weighted by Crippen LogP contribution is -2.10. The van der Waals surface area contributed by atoms with Gasteiger partial charge in [-0.1, -0.05) is 0 Å². The molecule has 0 aliphatic heterocycles. The van der Waals surface area contributed by atoms with E-state index in [0.29, 0.717) is 22.8 Å². The van der Waals surface area contributed by atoms with Crippen LogP contribution in [-0.4, -0.2) is 33.5 Å². The van der Waals surface area contributed by atoms with Gasteiger partial charge in [-0.25, -0.2) is 4.79 Å². The molecule has 0 bridgehead atoms.